The van der Waals surface area contributed by atoms with Gasteiger partial charge in [0.15, 0.2) is 0 Å². The molecule has 0 radical (unpaired) electrons. The largest absolute Gasteiger partial charge is 0.261 e. The fourth-order valence-corrected chi connectivity index (χ4v) is 4.02. The first-order chi connectivity index (χ1) is 15.3. The second-order valence-electron chi connectivity index (χ2n) is 7.32. The number of rotatable bonds is 10. The van der Waals surface area contributed by atoms with Crippen molar-refractivity contribution < 1.29 is 12.8 Å². The van der Waals surface area contributed by atoms with Crippen LogP contribution in [0.4, 0.5) is 10.3 Å². The molecule has 168 valence electrons. The normalized spacial score (nSPS) is 12.3. The van der Waals surface area contributed by atoms with Crippen molar-refractivity contribution >= 4 is 22.0 Å². The minimum Gasteiger partial charge on any atom is -0.261 e. The predicted molar refractivity (Wildman–Crippen MR) is 122 cm³/mol. The number of halogens is 1. The Morgan fingerprint density at radius 3 is 2.59 bits per heavy atom. The average molecular weight is 457 g/mol. The van der Waals surface area contributed by atoms with Crippen molar-refractivity contribution in [3.8, 4) is 5.69 Å². The van der Waals surface area contributed by atoms with E-state index in [9.17, 15) is 12.8 Å². The van der Waals surface area contributed by atoms with Gasteiger partial charge in [0.25, 0.3) is 0 Å². The summed E-state index contributed by atoms with van der Waals surface area (Å²) in [6.07, 6.45) is 7.51. The van der Waals surface area contributed by atoms with Crippen molar-refractivity contribution in [2.24, 2.45) is 0 Å². The van der Waals surface area contributed by atoms with Gasteiger partial charge < -0.3 is 0 Å². The molecule has 0 saturated carbocycles. The number of hydrogen-bond acceptors (Lipinski definition) is 6. The number of allylic oxidation sites excluding steroid dienone is 1. The SMILES string of the molecule is C=CCCc1nnc(NS(=O)(=O)[C@@H](C)Cc2ncc(C)cn2)n1-c1c(F)cccc1C=C. The van der Waals surface area contributed by atoms with Gasteiger partial charge >= 0.3 is 0 Å². The van der Waals surface area contributed by atoms with Crippen molar-refractivity contribution in [2.45, 2.75) is 38.4 Å². The van der Waals surface area contributed by atoms with Crippen LogP contribution in [0.15, 0.2) is 49.8 Å². The van der Waals surface area contributed by atoms with E-state index in [1.54, 1.807) is 37.5 Å². The van der Waals surface area contributed by atoms with Crippen LogP contribution in [0, 0.1) is 12.7 Å². The maximum atomic E-state index is 14.9. The van der Waals surface area contributed by atoms with Gasteiger partial charge in [-0.15, -0.1) is 16.8 Å². The third-order valence-electron chi connectivity index (χ3n) is 4.83. The van der Waals surface area contributed by atoms with E-state index >= 15 is 0 Å². The van der Waals surface area contributed by atoms with Crippen molar-refractivity contribution in [1.82, 2.24) is 24.7 Å². The summed E-state index contributed by atoms with van der Waals surface area (Å²) in [6.45, 7) is 10.8. The van der Waals surface area contributed by atoms with Crippen LogP contribution < -0.4 is 4.72 Å². The maximum absolute atomic E-state index is 14.9. The van der Waals surface area contributed by atoms with Crippen LogP contribution in [-0.2, 0) is 22.9 Å². The molecule has 2 aromatic heterocycles. The van der Waals surface area contributed by atoms with Crippen molar-refractivity contribution in [1.29, 1.82) is 0 Å². The molecule has 3 aromatic rings. The van der Waals surface area contributed by atoms with E-state index in [-0.39, 0.29) is 18.1 Å². The zero-order valence-electron chi connectivity index (χ0n) is 18.0. The Hall–Kier alpha value is -3.40. The first kappa shape index (κ1) is 23.3. The lowest BCUT2D eigenvalue weighted by Crippen LogP contribution is -2.29. The van der Waals surface area contributed by atoms with Crippen LogP contribution in [0.3, 0.4) is 0 Å². The molecule has 8 nitrogen and oxygen atoms in total. The number of nitrogens with zero attached hydrogens (tertiary/aromatic N) is 5. The summed E-state index contributed by atoms with van der Waals surface area (Å²) in [5, 5.41) is 7.23. The van der Waals surface area contributed by atoms with Gasteiger partial charge in [0.1, 0.15) is 17.5 Å². The van der Waals surface area contributed by atoms with Crippen molar-refractivity contribution in [3.63, 3.8) is 0 Å². The number of nitrogens with one attached hydrogen (secondary N) is 1. The fourth-order valence-electron chi connectivity index (χ4n) is 3.06. The van der Waals surface area contributed by atoms with Crippen LogP contribution in [0.2, 0.25) is 0 Å². The number of sulfonamides is 1. The summed E-state index contributed by atoms with van der Waals surface area (Å²) in [7, 11) is -3.91. The molecule has 0 saturated heterocycles. The lowest BCUT2D eigenvalue weighted by Gasteiger charge is -2.17. The van der Waals surface area contributed by atoms with E-state index in [0.29, 0.717) is 30.1 Å². The fraction of sp³-hybridized carbons (Fsp3) is 0.273. The minimum absolute atomic E-state index is 0.102. The highest BCUT2D eigenvalue weighted by Crippen LogP contribution is 2.26. The first-order valence-corrected chi connectivity index (χ1v) is 11.6. The van der Waals surface area contributed by atoms with Crippen molar-refractivity contribution in [2.75, 3.05) is 4.72 Å². The highest BCUT2D eigenvalue weighted by atomic mass is 32.2. The summed E-state index contributed by atoms with van der Waals surface area (Å²) in [4.78, 5) is 8.34. The summed E-state index contributed by atoms with van der Waals surface area (Å²) < 4.78 is 44.8. The molecule has 0 aliphatic rings. The molecule has 0 unspecified atom stereocenters. The van der Waals surface area contributed by atoms with E-state index in [0.717, 1.165) is 5.56 Å². The van der Waals surface area contributed by atoms with Gasteiger partial charge in [0.2, 0.25) is 16.0 Å². The van der Waals surface area contributed by atoms with Gasteiger partial charge in [-0.05, 0) is 31.9 Å². The van der Waals surface area contributed by atoms with E-state index in [1.165, 1.54) is 16.7 Å². The standard InChI is InChI=1S/C22H25FN6O2S/c1-5-7-11-20-26-27-22(29(20)21-17(6-2)9-8-10-18(21)23)28-32(30,31)16(4)12-19-24-13-15(3)14-25-19/h5-6,8-10,13-14,16H,1-2,7,11-12H2,3-4H3,(H,27,28)/t16-/m0/s1. The van der Waals surface area contributed by atoms with Crippen LogP contribution >= 0.6 is 0 Å². The van der Waals surface area contributed by atoms with E-state index in [2.05, 4.69) is 38.0 Å². The molecular formula is C22H25FN6O2S. The Morgan fingerprint density at radius 2 is 1.94 bits per heavy atom. The molecule has 1 aromatic carbocycles. The summed E-state index contributed by atoms with van der Waals surface area (Å²) in [5.74, 6) is 0.146. The molecule has 3 rings (SSSR count). The zero-order chi connectivity index (χ0) is 23.3. The van der Waals surface area contributed by atoms with E-state index in [4.69, 9.17) is 0 Å². The Bertz CT molecular complexity index is 1220. The highest BCUT2D eigenvalue weighted by Gasteiger charge is 2.27. The molecule has 0 bridgehead atoms. The minimum atomic E-state index is -3.91. The smallest absolute Gasteiger partial charge is 0.243 e. The van der Waals surface area contributed by atoms with E-state index < -0.39 is 21.1 Å². The quantitative estimate of drug-likeness (QED) is 0.467. The van der Waals surface area contributed by atoms with E-state index in [1.807, 2.05) is 6.92 Å². The van der Waals surface area contributed by atoms with Gasteiger partial charge in [-0.3, -0.25) is 9.29 Å². The van der Waals surface area contributed by atoms with Gasteiger partial charge in [0.05, 0.1) is 10.9 Å². The molecule has 32 heavy (non-hydrogen) atoms. The molecule has 0 amide bonds. The molecular weight excluding hydrogens is 431 g/mol. The van der Waals surface area contributed by atoms with Crippen LogP contribution in [0.5, 0.6) is 0 Å². The third-order valence-corrected chi connectivity index (χ3v) is 6.52. The summed E-state index contributed by atoms with van der Waals surface area (Å²) in [5.41, 5.74) is 1.48. The summed E-state index contributed by atoms with van der Waals surface area (Å²) in [6, 6.07) is 4.52. The van der Waals surface area contributed by atoms with Crippen LogP contribution in [0.1, 0.15) is 36.1 Å². The number of anilines is 1. The molecule has 1 N–H and O–H groups in total. The zero-order valence-corrected chi connectivity index (χ0v) is 18.8. The molecule has 2 heterocycles. The number of hydrogen-bond donors (Lipinski definition) is 1. The lowest BCUT2D eigenvalue weighted by atomic mass is 10.1. The maximum Gasteiger partial charge on any atom is 0.243 e. The number of benzene rings is 1. The Kier molecular flexibility index (Phi) is 7.14. The van der Waals surface area contributed by atoms with Gasteiger partial charge in [-0.2, -0.15) is 0 Å². The Labute approximate surface area is 187 Å². The topological polar surface area (TPSA) is 103 Å². The van der Waals surface area contributed by atoms with Gasteiger partial charge in [0, 0.05) is 30.8 Å². The Morgan fingerprint density at radius 1 is 1.22 bits per heavy atom. The molecule has 0 spiro atoms. The molecule has 0 aliphatic carbocycles. The van der Waals surface area contributed by atoms with Crippen LogP contribution in [-0.4, -0.2) is 38.4 Å². The first-order valence-electron chi connectivity index (χ1n) is 10.0. The molecule has 10 heteroatoms. The van der Waals surface area contributed by atoms with Crippen molar-refractivity contribution in [3.05, 3.63) is 78.4 Å². The molecule has 0 fully saturated rings. The van der Waals surface area contributed by atoms with Gasteiger partial charge in [-0.1, -0.05) is 30.9 Å². The van der Waals surface area contributed by atoms with Gasteiger partial charge in [-0.25, -0.2) is 22.8 Å². The molecule has 1 atom stereocenters. The average Bonchev–Trinajstić information content (AvgIpc) is 3.14. The van der Waals surface area contributed by atoms with Crippen LogP contribution in [0.25, 0.3) is 11.8 Å². The predicted octanol–water partition coefficient (Wildman–Crippen LogP) is 3.64. The lowest BCUT2D eigenvalue weighted by molar-refractivity contribution is 0.585. The molecule has 0 aliphatic heterocycles. The summed E-state index contributed by atoms with van der Waals surface area (Å²) >= 11 is 0. The number of aryl methyl sites for hydroxylation is 2. The second kappa shape index (κ2) is 9.82. The third kappa shape index (κ3) is 5.08. The second-order valence-corrected chi connectivity index (χ2v) is 9.42. The monoisotopic (exact) mass is 456 g/mol. The highest BCUT2D eigenvalue weighted by molar-refractivity contribution is 7.93. The number of para-hydroxylation sites is 1. The number of aromatic nitrogens is 5. The Balaban J connectivity index is 1.99.